The first-order valence-corrected chi connectivity index (χ1v) is 8.99. The first kappa shape index (κ1) is 16.0. The summed E-state index contributed by atoms with van der Waals surface area (Å²) in [6.07, 6.45) is 4.98. The van der Waals surface area contributed by atoms with Crippen LogP contribution >= 0.6 is 0 Å². The van der Waals surface area contributed by atoms with Gasteiger partial charge < -0.3 is 9.80 Å². The molecule has 2 aliphatic heterocycles. The Morgan fingerprint density at radius 3 is 2.56 bits per heavy atom. The fourth-order valence-electron chi connectivity index (χ4n) is 3.69. The lowest BCUT2D eigenvalue weighted by molar-refractivity contribution is 0.0996. The zero-order valence-electron chi connectivity index (χ0n) is 14.6. The molecule has 0 aliphatic carbocycles. The molecular formula is C20H18FN5O. The number of pyridine rings is 1. The maximum Gasteiger partial charge on any atom is 0.262 e. The molecule has 7 heteroatoms. The second-order valence-electron chi connectivity index (χ2n) is 6.88. The number of carbonyl (C=O) groups is 1. The van der Waals surface area contributed by atoms with Crippen LogP contribution in [0.1, 0.15) is 22.5 Å². The smallest absolute Gasteiger partial charge is 0.262 e. The quantitative estimate of drug-likeness (QED) is 0.718. The van der Waals surface area contributed by atoms with Gasteiger partial charge >= 0.3 is 0 Å². The Hall–Kier alpha value is -3.22. The fourth-order valence-corrected chi connectivity index (χ4v) is 3.69. The van der Waals surface area contributed by atoms with Crippen molar-refractivity contribution in [3.8, 4) is 5.69 Å². The van der Waals surface area contributed by atoms with Crippen molar-refractivity contribution in [1.82, 2.24) is 14.8 Å². The summed E-state index contributed by atoms with van der Waals surface area (Å²) >= 11 is 0. The largest absolute Gasteiger partial charge is 0.369 e. The molecule has 0 N–H and O–H groups in total. The summed E-state index contributed by atoms with van der Waals surface area (Å²) in [7, 11) is 0. The van der Waals surface area contributed by atoms with E-state index in [1.807, 2.05) is 41.3 Å². The van der Waals surface area contributed by atoms with Gasteiger partial charge in [0, 0.05) is 31.2 Å². The van der Waals surface area contributed by atoms with Crippen molar-refractivity contribution in [1.29, 1.82) is 0 Å². The van der Waals surface area contributed by atoms with Crippen LogP contribution in [0.4, 0.5) is 15.8 Å². The summed E-state index contributed by atoms with van der Waals surface area (Å²) in [5.74, 6) is -0.0630. The Kier molecular flexibility index (Phi) is 3.67. The number of aromatic nitrogens is 3. The van der Waals surface area contributed by atoms with Crippen LogP contribution in [-0.2, 0) is 6.54 Å². The topological polar surface area (TPSA) is 54.3 Å². The average molecular weight is 363 g/mol. The van der Waals surface area contributed by atoms with E-state index in [0.717, 1.165) is 29.3 Å². The predicted octanol–water partition coefficient (Wildman–Crippen LogP) is 2.98. The predicted molar refractivity (Wildman–Crippen MR) is 100 cm³/mol. The van der Waals surface area contributed by atoms with E-state index in [1.54, 1.807) is 28.2 Å². The third kappa shape index (κ3) is 2.75. The molecule has 1 amide bonds. The van der Waals surface area contributed by atoms with Gasteiger partial charge in [-0.1, -0.05) is 0 Å². The Balaban J connectivity index is 1.37. The van der Waals surface area contributed by atoms with E-state index in [0.29, 0.717) is 25.1 Å². The molecular weight excluding hydrogens is 345 g/mol. The van der Waals surface area contributed by atoms with Crippen LogP contribution in [0.25, 0.3) is 5.69 Å². The molecule has 0 radical (unpaired) electrons. The molecule has 0 spiro atoms. The summed E-state index contributed by atoms with van der Waals surface area (Å²) in [5.41, 5.74) is 4.03. The van der Waals surface area contributed by atoms with Gasteiger partial charge in [-0.3, -0.25) is 9.78 Å². The van der Waals surface area contributed by atoms with Gasteiger partial charge in [0.1, 0.15) is 6.17 Å². The number of rotatable bonds is 3. The number of fused-ring (bicyclic) bond motifs is 1. The lowest BCUT2D eigenvalue weighted by atomic mass is 10.2. The van der Waals surface area contributed by atoms with Crippen LogP contribution < -0.4 is 9.80 Å². The van der Waals surface area contributed by atoms with Crippen LogP contribution in [0.3, 0.4) is 0 Å². The summed E-state index contributed by atoms with van der Waals surface area (Å²) in [5, 5.41) is 4.59. The van der Waals surface area contributed by atoms with Gasteiger partial charge in [0.25, 0.3) is 5.91 Å². The van der Waals surface area contributed by atoms with Crippen LogP contribution in [0.2, 0.25) is 0 Å². The van der Waals surface area contributed by atoms with Crippen molar-refractivity contribution in [2.24, 2.45) is 0 Å². The number of hydrogen-bond acceptors (Lipinski definition) is 4. The maximum absolute atomic E-state index is 13.4. The molecule has 6 nitrogen and oxygen atoms in total. The summed E-state index contributed by atoms with van der Waals surface area (Å²) in [6, 6.07) is 11.5. The van der Waals surface area contributed by atoms with Gasteiger partial charge in [0.05, 0.1) is 35.4 Å². The van der Waals surface area contributed by atoms with E-state index in [9.17, 15) is 9.18 Å². The van der Waals surface area contributed by atoms with Crippen molar-refractivity contribution < 1.29 is 9.18 Å². The number of benzene rings is 1. The molecule has 0 bridgehead atoms. The zero-order valence-corrected chi connectivity index (χ0v) is 14.6. The molecule has 5 rings (SSSR count). The molecule has 1 aromatic carbocycles. The van der Waals surface area contributed by atoms with Gasteiger partial charge in [-0.05, 0) is 42.8 Å². The molecule has 0 saturated carbocycles. The average Bonchev–Trinajstić information content (AvgIpc) is 3.39. The Labute approximate surface area is 155 Å². The van der Waals surface area contributed by atoms with Crippen LogP contribution in [0, 0.1) is 0 Å². The standard InChI is InChI=1S/C20H18FN5O/c21-14-7-9-24(11-14)15-3-5-16(6-4-15)26-12-18-19(23-26)13-25(20(18)27)17-2-1-8-22-10-17/h1-6,8,10,12,14H,7,9,11,13H2/t14-/m0/s1. The lowest BCUT2D eigenvalue weighted by Gasteiger charge is -2.18. The van der Waals surface area contributed by atoms with Crippen molar-refractivity contribution >= 4 is 17.3 Å². The van der Waals surface area contributed by atoms with Crippen molar-refractivity contribution in [2.45, 2.75) is 19.1 Å². The van der Waals surface area contributed by atoms with Gasteiger partial charge in [-0.15, -0.1) is 0 Å². The Morgan fingerprint density at radius 2 is 1.89 bits per heavy atom. The van der Waals surface area contributed by atoms with Gasteiger partial charge in [-0.25, -0.2) is 9.07 Å². The normalized spacial score (nSPS) is 19.0. The lowest BCUT2D eigenvalue weighted by Crippen LogP contribution is -2.23. The number of alkyl halides is 1. The molecule has 1 atom stereocenters. The number of amides is 1. The van der Waals surface area contributed by atoms with E-state index in [-0.39, 0.29) is 5.91 Å². The van der Waals surface area contributed by atoms with Crippen molar-refractivity contribution in [2.75, 3.05) is 22.9 Å². The van der Waals surface area contributed by atoms with Crippen LogP contribution in [0.15, 0.2) is 55.0 Å². The number of anilines is 2. The van der Waals surface area contributed by atoms with Gasteiger partial charge in [0.2, 0.25) is 0 Å². The number of nitrogens with zero attached hydrogens (tertiary/aromatic N) is 5. The van der Waals surface area contributed by atoms with Crippen molar-refractivity contribution in [3.05, 3.63) is 66.2 Å². The maximum atomic E-state index is 13.4. The second-order valence-corrected chi connectivity index (χ2v) is 6.88. The number of hydrogen-bond donors (Lipinski definition) is 0. The van der Waals surface area contributed by atoms with E-state index in [1.165, 1.54) is 0 Å². The summed E-state index contributed by atoms with van der Waals surface area (Å²) in [4.78, 5) is 20.5. The summed E-state index contributed by atoms with van der Waals surface area (Å²) in [6.45, 7) is 1.64. The Morgan fingerprint density at radius 1 is 1.07 bits per heavy atom. The highest BCUT2D eigenvalue weighted by Gasteiger charge is 2.32. The number of carbonyl (C=O) groups excluding carboxylic acids is 1. The SMILES string of the molecule is O=C1c2cn(-c3ccc(N4CC[C@H](F)C4)cc3)nc2CN1c1cccnc1. The van der Waals surface area contributed by atoms with Crippen molar-refractivity contribution in [3.63, 3.8) is 0 Å². The molecule has 4 heterocycles. The zero-order chi connectivity index (χ0) is 18.4. The molecule has 0 unspecified atom stereocenters. The van der Waals surface area contributed by atoms with Crippen LogP contribution in [0.5, 0.6) is 0 Å². The monoisotopic (exact) mass is 363 g/mol. The molecule has 2 aromatic heterocycles. The van der Waals surface area contributed by atoms with E-state index >= 15 is 0 Å². The van der Waals surface area contributed by atoms with E-state index < -0.39 is 6.17 Å². The third-order valence-electron chi connectivity index (χ3n) is 5.14. The highest BCUT2D eigenvalue weighted by molar-refractivity contribution is 6.09. The molecule has 1 saturated heterocycles. The molecule has 2 aliphatic rings. The third-order valence-corrected chi connectivity index (χ3v) is 5.14. The minimum atomic E-state index is -0.743. The minimum absolute atomic E-state index is 0.0630. The van der Waals surface area contributed by atoms with Gasteiger partial charge in [0.15, 0.2) is 0 Å². The Bertz CT molecular complexity index is 985. The van der Waals surface area contributed by atoms with E-state index in [4.69, 9.17) is 0 Å². The number of halogens is 1. The first-order valence-electron chi connectivity index (χ1n) is 8.99. The minimum Gasteiger partial charge on any atom is -0.369 e. The first-order chi connectivity index (χ1) is 13.2. The highest BCUT2D eigenvalue weighted by Crippen LogP contribution is 2.28. The van der Waals surface area contributed by atoms with E-state index in [2.05, 4.69) is 10.1 Å². The molecule has 136 valence electrons. The highest BCUT2D eigenvalue weighted by atomic mass is 19.1. The molecule has 3 aromatic rings. The summed E-state index contributed by atoms with van der Waals surface area (Å²) < 4.78 is 15.1. The molecule has 1 fully saturated rings. The van der Waals surface area contributed by atoms with Crippen LogP contribution in [-0.4, -0.2) is 39.9 Å². The fraction of sp³-hybridized carbons (Fsp3) is 0.250. The molecule has 27 heavy (non-hydrogen) atoms. The second kappa shape index (κ2) is 6.19. The van der Waals surface area contributed by atoms with Gasteiger partial charge in [-0.2, -0.15) is 5.10 Å².